The second-order valence-corrected chi connectivity index (χ2v) is 6.15. The third kappa shape index (κ3) is 4.33. The van der Waals surface area contributed by atoms with Gasteiger partial charge < -0.3 is 19.8 Å². The van der Waals surface area contributed by atoms with Crippen LogP contribution < -0.4 is 10.5 Å². The maximum absolute atomic E-state index is 12.8. The third-order valence-corrected chi connectivity index (χ3v) is 4.31. The molecule has 2 N–H and O–H groups in total. The lowest BCUT2D eigenvalue weighted by Gasteiger charge is -2.27. The van der Waals surface area contributed by atoms with Gasteiger partial charge in [-0.05, 0) is 49.9 Å². The third-order valence-electron chi connectivity index (χ3n) is 4.31. The summed E-state index contributed by atoms with van der Waals surface area (Å²) in [5.41, 5.74) is 6.60. The minimum atomic E-state index is -0.588. The van der Waals surface area contributed by atoms with E-state index in [0.29, 0.717) is 18.1 Å². The largest absolute Gasteiger partial charge is 0.483 e. The van der Waals surface area contributed by atoms with E-state index in [0.717, 1.165) is 31.4 Å². The molecule has 1 heterocycles. The molecule has 136 valence electrons. The second kappa shape index (κ2) is 8.38. The fourth-order valence-corrected chi connectivity index (χ4v) is 2.99. The standard InChI is InChI=1S/C20H22N2O4/c21-20(24)17-10-4-5-11-18(17)26-14-19(23)22(13-16-9-6-12-25-16)15-7-2-1-3-8-15/h4-7,9-12H,1-3,8,13-14H2,(H2,21,24). The number of benzene rings is 1. The molecule has 0 saturated heterocycles. The monoisotopic (exact) mass is 354 g/mol. The van der Waals surface area contributed by atoms with Gasteiger partial charge in [-0.25, -0.2) is 0 Å². The molecule has 0 atom stereocenters. The lowest BCUT2D eigenvalue weighted by atomic mass is 10.0. The molecule has 1 aliphatic rings. The van der Waals surface area contributed by atoms with E-state index in [1.807, 2.05) is 6.07 Å². The first-order valence-corrected chi connectivity index (χ1v) is 8.68. The molecule has 0 bridgehead atoms. The van der Waals surface area contributed by atoms with Crippen LogP contribution in [0.2, 0.25) is 0 Å². The van der Waals surface area contributed by atoms with Crippen molar-refractivity contribution in [2.24, 2.45) is 5.73 Å². The molecule has 26 heavy (non-hydrogen) atoms. The number of hydrogen-bond acceptors (Lipinski definition) is 4. The summed E-state index contributed by atoms with van der Waals surface area (Å²) in [5, 5.41) is 0. The highest BCUT2D eigenvalue weighted by Gasteiger charge is 2.22. The van der Waals surface area contributed by atoms with Crippen LogP contribution in [0.15, 0.2) is 58.9 Å². The molecule has 1 aliphatic carbocycles. The van der Waals surface area contributed by atoms with E-state index in [4.69, 9.17) is 14.9 Å². The van der Waals surface area contributed by atoms with Gasteiger partial charge in [0, 0.05) is 5.70 Å². The van der Waals surface area contributed by atoms with Gasteiger partial charge in [-0.3, -0.25) is 9.59 Å². The molecular formula is C20H22N2O4. The summed E-state index contributed by atoms with van der Waals surface area (Å²) in [5.74, 6) is 0.246. The first-order valence-electron chi connectivity index (χ1n) is 8.68. The molecule has 1 aromatic carbocycles. The molecule has 0 unspecified atom stereocenters. The molecule has 2 aromatic rings. The summed E-state index contributed by atoms with van der Waals surface area (Å²) in [7, 11) is 0. The molecule has 3 rings (SSSR count). The Morgan fingerprint density at radius 3 is 2.69 bits per heavy atom. The first-order chi connectivity index (χ1) is 12.6. The van der Waals surface area contributed by atoms with Crippen LogP contribution in [0.5, 0.6) is 5.75 Å². The Morgan fingerprint density at radius 1 is 1.15 bits per heavy atom. The summed E-state index contributed by atoms with van der Waals surface area (Å²) in [6.45, 7) is 0.181. The van der Waals surface area contributed by atoms with Gasteiger partial charge in [0.2, 0.25) is 0 Å². The van der Waals surface area contributed by atoms with Crippen molar-refractivity contribution in [2.75, 3.05) is 6.61 Å². The van der Waals surface area contributed by atoms with E-state index in [2.05, 4.69) is 6.08 Å². The van der Waals surface area contributed by atoms with Crippen LogP contribution in [-0.2, 0) is 11.3 Å². The quantitative estimate of drug-likeness (QED) is 0.827. The number of hydrogen-bond donors (Lipinski definition) is 1. The van der Waals surface area contributed by atoms with Gasteiger partial charge in [0.05, 0.1) is 18.4 Å². The zero-order valence-corrected chi connectivity index (χ0v) is 14.5. The Bertz CT molecular complexity index is 796. The summed E-state index contributed by atoms with van der Waals surface area (Å²) < 4.78 is 11.0. The lowest BCUT2D eigenvalue weighted by Crippen LogP contribution is -2.34. The molecule has 0 spiro atoms. The molecule has 0 saturated carbocycles. The Kier molecular flexibility index (Phi) is 5.73. The van der Waals surface area contributed by atoms with E-state index >= 15 is 0 Å². The number of para-hydroxylation sites is 1. The van der Waals surface area contributed by atoms with Crippen LogP contribution in [0.1, 0.15) is 41.8 Å². The highest BCUT2D eigenvalue weighted by atomic mass is 16.5. The number of ether oxygens (including phenoxy) is 1. The lowest BCUT2D eigenvalue weighted by molar-refractivity contribution is -0.132. The highest BCUT2D eigenvalue weighted by Crippen LogP contribution is 2.24. The van der Waals surface area contributed by atoms with Crippen molar-refractivity contribution in [3.63, 3.8) is 0 Å². The van der Waals surface area contributed by atoms with Crippen molar-refractivity contribution in [2.45, 2.75) is 32.2 Å². The van der Waals surface area contributed by atoms with Crippen molar-refractivity contribution in [3.05, 3.63) is 65.8 Å². The number of rotatable bonds is 7. The van der Waals surface area contributed by atoms with Crippen LogP contribution in [0.3, 0.4) is 0 Å². The van der Waals surface area contributed by atoms with Gasteiger partial charge in [-0.2, -0.15) is 0 Å². The van der Waals surface area contributed by atoms with Gasteiger partial charge in [0.1, 0.15) is 11.5 Å². The number of furan rings is 1. The predicted molar refractivity (Wildman–Crippen MR) is 96.3 cm³/mol. The van der Waals surface area contributed by atoms with Crippen molar-refractivity contribution in [3.8, 4) is 5.75 Å². The minimum Gasteiger partial charge on any atom is -0.483 e. The number of nitrogens with two attached hydrogens (primary N) is 1. The van der Waals surface area contributed by atoms with E-state index < -0.39 is 5.91 Å². The number of nitrogens with zero attached hydrogens (tertiary/aromatic N) is 1. The van der Waals surface area contributed by atoms with Crippen LogP contribution >= 0.6 is 0 Å². The number of carbonyl (C=O) groups excluding carboxylic acids is 2. The van der Waals surface area contributed by atoms with Crippen molar-refractivity contribution in [1.82, 2.24) is 4.90 Å². The SMILES string of the molecule is NC(=O)c1ccccc1OCC(=O)N(Cc1ccco1)C1=CCCCC1. The van der Waals surface area contributed by atoms with Gasteiger partial charge in [0.25, 0.3) is 11.8 Å². The molecule has 2 amide bonds. The summed E-state index contributed by atoms with van der Waals surface area (Å²) in [6.07, 6.45) is 7.69. The van der Waals surface area contributed by atoms with Gasteiger partial charge in [-0.1, -0.05) is 18.2 Å². The topological polar surface area (TPSA) is 85.8 Å². The maximum atomic E-state index is 12.8. The van der Waals surface area contributed by atoms with Gasteiger partial charge >= 0.3 is 0 Å². The van der Waals surface area contributed by atoms with Crippen LogP contribution in [0.25, 0.3) is 0 Å². The molecule has 0 aliphatic heterocycles. The molecular weight excluding hydrogens is 332 g/mol. The summed E-state index contributed by atoms with van der Waals surface area (Å²) >= 11 is 0. The zero-order valence-electron chi connectivity index (χ0n) is 14.5. The van der Waals surface area contributed by atoms with Crippen molar-refractivity contribution < 1.29 is 18.7 Å². The molecule has 1 aromatic heterocycles. The fraction of sp³-hybridized carbons (Fsp3) is 0.300. The Hall–Kier alpha value is -3.02. The van der Waals surface area contributed by atoms with Gasteiger partial charge in [0.15, 0.2) is 6.61 Å². The van der Waals surface area contributed by atoms with Gasteiger partial charge in [-0.15, -0.1) is 0 Å². The molecule has 0 fully saturated rings. The van der Waals surface area contributed by atoms with E-state index in [1.165, 1.54) is 0 Å². The van der Waals surface area contributed by atoms with E-state index in [9.17, 15) is 9.59 Å². The fourth-order valence-electron chi connectivity index (χ4n) is 2.99. The average Bonchev–Trinajstić information content (AvgIpc) is 3.18. The molecule has 0 radical (unpaired) electrons. The Balaban J connectivity index is 1.73. The number of primary amides is 1. The van der Waals surface area contributed by atoms with E-state index in [1.54, 1.807) is 41.5 Å². The van der Waals surface area contributed by atoms with Crippen LogP contribution in [0.4, 0.5) is 0 Å². The highest BCUT2D eigenvalue weighted by molar-refractivity contribution is 5.95. The minimum absolute atomic E-state index is 0.178. The normalized spacial score (nSPS) is 13.8. The van der Waals surface area contributed by atoms with Crippen LogP contribution in [-0.4, -0.2) is 23.3 Å². The second-order valence-electron chi connectivity index (χ2n) is 6.15. The maximum Gasteiger partial charge on any atom is 0.265 e. The Labute approximate surface area is 152 Å². The van der Waals surface area contributed by atoms with Crippen molar-refractivity contribution in [1.29, 1.82) is 0 Å². The Morgan fingerprint density at radius 2 is 2.00 bits per heavy atom. The number of allylic oxidation sites excluding steroid dienone is 2. The summed E-state index contributed by atoms with van der Waals surface area (Å²) in [6, 6.07) is 10.3. The van der Waals surface area contributed by atoms with E-state index in [-0.39, 0.29) is 18.1 Å². The number of amides is 2. The first kappa shape index (κ1) is 17.8. The predicted octanol–water partition coefficient (Wildman–Crippen LogP) is 3.24. The summed E-state index contributed by atoms with van der Waals surface area (Å²) in [4.78, 5) is 26.0. The zero-order chi connectivity index (χ0) is 18.4. The van der Waals surface area contributed by atoms with Crippen LogP contribution in [0, 0.1) is 0 Å². The number of carbonyl (C=O) groups is 2. The molecule has 6 heteroatoms. The smallest absolute Gasteiger partial charge is 0.265 e. The average molecular weight is 354 g/mol. The molecule has 6 nitrogen and oxygen atoms in total. The van der Waals surface area contributed by atoms with Crippen molar-refractivity contribution >= 4 is 11.8 Å².